The summed E-state index contributed by atoms with van der Waals surface area (Å²) in [5.41, 5.74) is 0.362. The smallest absolute Gasteiger partial charge is 0.341 e. The van der Waals surface area contributed by atoms with Crippen molar-refractivity contribution in [3.63, 3.8) is 0 Å². The molecule has 116 valence electrons. The van der Waals surface area contributed by atoms with Crippen molar-refractivity contribution in [1.29, 1.82) is 0 Å². The van der Waals surface area contributed by atoms with E-state index in [1.54, 1.807) is 36.7 Å². The highest BCUT2D eigenvalue weighted by atomic mass is 35.5. The van der Waals surface area contributed by atoms with Gasteiger partial charge in [0, 0.05) is 6.20 Å². The zero-order valence-corrected chi connectivity index (χ0v) is 14.1. The monoisotopic (exact) mass is 356 g/mol. The highest BCUT2D eigenvalue weighted by Crippen LogP contribution is 2.26. The minimum Gasteiger partial charge on any atom is -0.462 e. The minimum absolute atomic E-state index is 0.150. The Morgan fingerprint density at radius 3 is 3.00 bits per heavy atom. The fourth-order valence-corrected chi connectivity index (χ4v) is 3.31. The van der Waals surface area contributed by atoms with Crippen LogP contribution >= 0.6 is 34.7 Å². The topological polar surface area (TPSA) is 68.3 Å². The van der Waals surface area contributed by atoms with Gasteiger partial charge in [0.1, 0.15) is 10.0 Å². The van der Waals surface area contributed by atoms with Crippen molar-refractivity contribution in [3.8, 4) is 0 Å². The van der Waals surface area contributed by atoms with Crippen molar-refractivity contribution >= 4 is 51.6 Å². The van der Waals surface area contributed by atoms with Crippen molar-refractivity contribution in [2.75, 3.05) is 17.7 Å². The van der Waals surface area contributed by atoms with Gasteiger partial charge in [-0.05, 0) is 30.5 Å². The molecule has 0 atom stereocenters. The number of anilines is 1. The van der Waals surface area contributed by atoms with Gasteiger partial charge in [0.2, 0.25) is 5.91 Å². The van der Waals surface area contributed by atoms with Gasteiger partial charge >= 0.3 is 5.97 Å². The molecular formula is C14H13ClN2O3S2. The lowest BCUT2D eigenvalue weighted by atomic mass is 10.3. The van der Waals surface area contributed by atoms with Gasteiger partial charge in [0.25, 0.3) is 0 Å². The normalized spacial score (nSPS) is 10.3. The summed E-state index contributed by atoms with van der Waals surface area (Å²) in [6, 6.07) is 5.07. The summed E-state index contributed by atoms with van der Waals surface area (Å²) in [5.74, 6) is -0.532. The van der Waals surface area contributed by atoms with E-state index >= 15 is 0 Å². The summed E-state index contributed by atoms with van der Waals surface area (Å²) in [5, 5.41) is 6.01. The molecule has 0 bridgehead atoms. The molecule has 0 aliphatic heterocycles. The average Bonchev–Trinajstić information content (AvgIpc) is 2.95. The number of ether oxygens (including phenoxy) is 1. The second-order valence-corrected chi connectivity index (χ2v) is 6.30. The third kappa shape index (κ3) is 4.46. The lowest BCUT2D eigenvalue weighted by Gasteiger charge is -2.06. The summed E-state index contributed by atoms with van der Waals surface area (Å²) < 4.78 is 4.94. The number of carbonyl (C=O) groups is 2. The van der Waals surface area contributed by atoms with Crippen LogP contribution in [0.4, 0.5) is 5.00 Å². The van der Waals surface area contributed by atoms with Crippen molar-refractivity contribution in [2.24, 2.45) is 0 Å². The molecule has 0 aliphatic carbocycles. The molecule has 0 saturated heterocycles. The second kappa shape index (κ2) is 8.17. The molecule has 2 aromatic rings. The number of aromatic nitrogens is 1. The van der Waals surface area contributed by atoms with Crippen molar-refractivity contribution < 1.29 is 14.3 Å². The van der Waals surface area contributed by atoms with Crippen molar-refractivity contribution in [2.45, 2.75) is 11.9 Å². The summed E-state index contributed by atoms with van der Waals surface area (Å²) in [4.78, 5) is 27.8. The molecule has 0 aliphatic rings. The van der Waals surface area contributed by atoms with Crippen LogP contribution in [-0.2, 0) is 9.53 Å². The van der Waals surface area contributed by atoms with E-state index in [0.717, 1.165) is 0 Å². The summed E-state index contributed by atoms with van der Waals surface area (Å²) >= 11 is 8.49. The molecule has 0 radical (unpaired) electrons. The Hall–Kier alpha value is -1.57. The Labute approximate surface area is 141 Å². The number of rotatable bonds is 6. The molecule has 8 heteroatoms. The van der Waals surface area contributed by atoms with Crippen LogP contribution in [0.25, 0.3) is 0 Å². The van der Waals surface area contributed by atoms with E-state index in [1.165, 1.54) is 23.1 Å². The van der Waals surface area contributed by atoms with E-state index in [9.17, 15) is 9.59 Å². The zero-order chi connectivity index (χ0) is 15.9. The number of esters is 1. The maximum Gasteiger partial charge on any atom is 0.341 e. The molecule has 2 aromatic heterocycles. The van der Waals surface area contributed by atoms with Crippen LogP contribution in [0.3, 0.4) is 0 Å². The number of halogens is 1. The van der Waals surface area contributed by atoms with Gasteiger partial charge in [-0.3, -0.25) is 4.79 Å². The highest BCUT2D eigenvalue weighted by Gasteiger charge is 2.16. The first-order chi connectivity index (χ1) is 10.6. The Balaban J connectivity index is 1.94. The highest BCUT2D eigenvalue weighted by molar-refractivity contribution is 8.00. The number of nitrogens with one attached hydrogen (secondary N) is 1. The molecule has 1 N–H and O–H groups in total. The van der Waals surface area contributed by atoms with Crippen LogP contribution in [0.2, 0.25) is 5.02 Å². The molecule has 0 unspecified atom stereocenters. The van der Waals surface area contributed by atoms with Crippen LogP contribution in [0.15, 0.2) is 34.8 Å². The van der Waals surface area contributed by atoms with E-state index in [1.807, 2.05) is 0 Å². The van der Waals surface area contributed by atoms with E-state index in [-0.39, 0.29) is 18.3 Å². The van der Waals surface area contributed by atoms with E-state index in [0.29, 0.717) is 20.6 Å². The first kappa shape index (κ1) is 16.8. The van der Waals surface area contributed by atoms with Gasteiger partial charge < -0.3 is 10.1 Å². The summed E-state index contributed by atoms with van der Waals surface area (Å²) in [6.45, 7) is 2.02. The number of amides is 1. The van der Waals surface area contributed by atoms with E-state index in [2.05, 4.69) is 10.3 Å². The quantitative estimate of drug-likeness (QED) is 0.631. The number of carbonyl (C=O) groups excluding carboxylic acids is 2. The number of nitrogens with zero attached hydrogens (tertiary/aromatic N) is 1. The number of hydrogen-bond donors (Lipinski definition) is 1. The van der Waals surface area contributed by atoms with Gasteiger partial charge in [0.05, 0.1) is 22.9 Å². The summed E-state index contributed by atoms with van der Waals surface area (Å²) in [7, 11) is 0. The molecule has 5 nitrogen and oxygen atoms in total. The molecule has 0 fully saturated rings. The Morgan fingerprint density at radius 2 is 2.27 bits per heavy atom. The van der Waals surface area contributed by atoms with Crippen LogP contribution in [0.1, 0.15) is 17.3 Å². The third-order valence-electron chi connectivity index (χ3n) is 2.48. The minimum atomic E-state index is -0.445. The lowest BCUT2D eigenvalue weighted by Crippen LogP contribution is -2.16. The molecule has 1 amide bonds. The maximum atomic E-state index is 12.0. The molecule has 0 spiro atoms. The zero-order valence-electron chi connectivity index (χ0n) is 11.7. The maximum absolute atomic E-state index is 12.0. The second-order valence-electron chi connectivity index (χ2n) is 4.01. The molecular weight excluding hydrogens is 344 g/mol. The van der Waals surface area contributed by atoms with Gasteiger partial charge in [-0.1, -0.05) is 23.4 Å². The first-order valence-corrected chi connectivity index (χ1v) is 8.64. The van der Waals surface area contributed by atoms with Gasteiger partial charge in [0.15, 0.2) is 0 Å². The van der Waals surface area contributed by atoms with Crippen LogP contribution in [-0.4, -0.2) is 29.2 Å². The Bertz CT molecular complexity index is 676. The van der Waals surface area contributed by atoms with Gasteiger partial charge in [-0.15, -0.1) is 11.3 Å². The molecule has 22 heavy (non-hydrogen) atoms. The predicted octanol–water partition coefficient (Wildman–Crippen LogP) is 3.70. The van der Waals surface area contributed by atoms with Crippen molar-refractivity contribution in [1.82, 2.24) is 4.98 Å². The first-order valence-electron chi connectivity index (χ1n) is 6.39. The number of hydrogen-bond acceptors (Lipinski definition) is 6. The number of thiophene rings is 1. The largest absolute Gasteiger partial charge is 0.462 e. The fourth-order valence-electron chi connectivity index (χ4n) is 1.55. The van der Waals surface area contributed by atoms with Gasteiger partial charge in [-0.2, -0.15) is 0 Å². The van der Waals surface area contributed by atoms with Gasteiger partial charge in [-0.25, -0.2) is 9.78 Å². The standard InChI is InChI=1S/C14H13ClN2O3S2/c1-2-20-14(19)9-5-7-21-12(9)17-11(18)8-22-13-10(15)4-3-6-16-13/h3-7H,2,8H2,1H3,(H,17,18). The Morgan fingerprint density at radius 1 is 1.45 bits per heavy atom. The average molecular weight is 357 g/mol. The molecule has 0 saturated carbocycles. The lowest BCUT2D eigenvalue weighted by molar-refractivity contribution is -0.113. The molecule has 2 heterocycles. The van der Waals surface area contributed by atoms with Crippen LogP contribution in [0.5, 0.6) is 0 Å². The predicted molar refractivity (Wildman–Crippen MR) is 88.9 cm³/mol. The molecule has 2 rings (SSSR count). The molecule has 0 aromatic carbocycles. The Kier molecular flexibility index (Phi) is 6.23. The third-order valence-corrected chi connectivity index (χ3v) is 4.73. The SMILES string of the molecule is CCOC(=O)c1ccsc1NC(=O)CSc1ncccc1Cl. The number of pyridine rings is 1. The van der Waals surface area contributed by atoms with E-state index in [4.69, 9.17) is 16.3 Å². The fraction of sp³-hybridized carbons (Fsp3) is 0.214. The van der Waals surface area contributed by atoms with Crippen molar-refractivity contribution in [3.05, 3.63) is 40.4 Å². The van der Waals surface area contributed by atoms with Crippen LogP contribution in [0, 0.1) is 0 Å². The number of thioether (sulfide) groups is 1. The van der Waals surface area contributed by atoms with E-state index < -0.39 is 5.97 Å². The van der Waals surface area contributed by atoms with Crippen LogP contribution < -0.4 is 5.32 Å². The summed E-state index contributed by atoms with van der Waals surface area (Å²) in [6.07, 6.45) is 1.62.